The van der Waals surface area contributed by atoms with Crippen LogP contribution in [0.25, 0.3) is 5.69 Å². The fraction of sp³-hybridized carbons (Fsp3) is 0.290. The summed E-state index contributed by atoms with van der Waals surface area (Å²) < 4.78 is 1.89. The van der Waals surface area contributed by atoms with E-state index >= 15 is 0 Å². The SMILES string of the molecule is C[C@@H]1[C@H](c2ccccc2)[C@@H](NC(=O)Nc2c3c(nn2-c2ccccc2)CCC3)CN1Cc1ccccc1. The molecule has 0 radical (unpaired) electrons. The van der Waals surface area contributed by atoms with Crippen molar-refractivity contribution in [2.75, 3.05) is 11.9 Å². The van der Waals surface area contributed by atoms with E-state index in [-0.39, 0.29) is 24.0 Å². The Balaban J connectivity index is 1.25. The van der Waals surface area contributed by atoms with Crippen LogP contribution < -0.4 is 10.6 Å². The van der Waals surface area contributed by atoms with Gasteiger partial charge >= 0.3 is 6.03 Å². The van der Waals surface area contributed by atoms with Gasteiger partial charge in [0.25, 0.3) is 0 Å². The molecule has 37 heavy (non-hydrogen) atoms. The molecule has 3 atom stereocenters. The summed E-state index contributed by atoms with van der Waals surface area (Å²) in [5, 5.41) is 11.4. The number of rotatable bonds is 6. The van der Waals surface area contributed by atoms with Crippen molar-refractivity contribution in [3.05, 3.63) is 113 Å². The van der Waals surface area contributed by atoms with E-state index in [0.717, 1.165) is 55.1 Å². The summed E-state index contributed by atoms with van der Waals surface area (Å²) in [6.45, 7) is 3.93. The number of para-hydroxylation sites is 1. The van der Waals surface area contributed by atoms with Gasteiger partial charge in [-0.3, -0.25) is 10.2 Å². The zero-order valence-electron chi connectivity index (χ0n) is 21.2. The predicted molar refractivity (Wildman–Crippen MR) is 147 cm³/mol. The monoisotopic (exact) mass is 491 g/mol. The van der Waals surface area contributed by atoms with Crippen molar-refractivity contribution in [3.8, 4) is 5.69 Å². The minimum atomic E-state index is -0.175. The molecular formula is C31H33N5O. The molecule has 1 aliphatic heterocycles. The molecule has 6 heteroatoms. The van der Waals surface area contributed by atoms with Crippen LogP contribution >= 0.6 is 0 Å². The molecule has 2 aliphatic rings. The van der Waals surface area contributed by atoms with Gasteiger partial charge in [-0.2, -0.15) is 5.10 Å². The maximum Gasteiger partial charge on any atom is 0.320 e. The average Bonchev–Trinajstić information content (AvgIpc) is 3.60. The van der Waals surface area contributed by atoms with Crippen LogP contribution in [0.4, 0.5) is 10.6 Å². The molecule has 2 heterocycles. The van der Waals surface area contributed by atoms with Gasteiger partial charge in [0, 0.05) is 30.6 Å². The number of carbonyl (C=O) groups excluding carboxylic acids is 1. The van der Waals surface area contributed by atoms with Crippen molar-refractivity contribution in [3.63, 3.8) is 0 Å². The first-order chi connectivity index (χ1) is 18.2. The van der Waals surface area contributed by atoms with Crippen molar-refractivity contribution in [1.82, 2.24) is 20.0 Å². The van der Waals surface area contributed by atoms with Crippen molar-refractivity contribution in [1.29, 1.82) is 0 Å². The molecule has 6 rings (SSSR count). The van der Waals surface area contributed by atoms with Crippen LogP contribution in [0.5, 0.6) is 0 Å². The van der Waals surface area contributed by atoms with Crippen LogP contribution in [-0.2, 0) is 19.4 Å². The summed E-state index contributed by atoms with van der Waals surface area (Å²) in [7, 11) is 0. The van der Waals surface area contributed by atoms with Gasteiger partial charge in [0.05, 0.1) is 17.4 Å². The highest BCUT2D eigenvalue weighted by atomic mass is 16.2. The predicted octanol–water partition coefficient (Wildman–Crippen LogP) is 5.54. The number of aryl methyl sites for hydroxylation is 1. The normalized spacial score (nSPS) is 21.1. The van der Waals surface area contributed by atoms with Gasteiger partial charge in [-0.05, 0) is 49.4 Å². The van der Waals surface area contributed by atoms with E-state index in [9.17, 15) is 4.79 Å². The summed E-state index contributed by atoms with van der Waals surface area (Å²) >= 11 is 0. The fourth-order valence-electron chi connectivity index (χ4n) is 6.03. The van der Waals surface area contributed by atoms with Crippen molar-refractivity contribution >= 4 is 11.8 Å². The highest BCUT2D eigenvalue weighted by Crippen LogP contribution is 2.35. The van der Waals surface area contributed by atoms with Crippen LogP contribution in [0.15, 0.2) is 91.0 Å². The lowest BCUT2D eigenvalue weighted by atomic mass is 9.89. The second kappa shape index (κ2) is 10.2. The molecule has 0 saturated carbocycles. The van der Waals surface area contributed by atoms with Crippen molar-refractivity contribution in [2.45, 2.75) is 50.7 Å². The molecule has 2 N–H and O–H groups in total. The van der Waals surface area contributed by atoms with Crippen LogP contribution in [0.3, 0.4) is 0 Å². The summed E-state index contributed by atoms with van der Waals surface area (Å²) in [6.07, 6.45) is 2.97. The number of hydrogen-bond acceptors (Lipinski definition) is 3. The van der Waals surface area contributed by atoms with E-state index in [2.05, 4.69) is 77.1 Å². The van der Waals surface area contributed by atoms with Crippen LogP contribution in [-0.4, -0.2) is 39.3 Å². The molecule has 0 unspecified atom stereocenters. The zero-order chi connectivity index (χ0) is 25.2. The standard InChI is InChI=1S/C31H33N5O/c1-22-29(24-14-7-3-8-15-24)28(21-35(22)20-23-12-5-2-6-13-23)32-31(37)33-30-26-18-11-19-27(26)34-36(30)25-16-9-4-10-17-25/h2-10,12-17,22,28-29H,11,18-21H2,1H3,(H2,32,33,37)/t22-,28+,29-/m1/s1. The molecule has 1 aromatic heterocycles. The number of likely N-dealkylation sites (tertiary alicyclic amines) is 1. The Morgan fingerprint density at radius 2 is 1.59 bits per heavy atom. The molecule has 0 spiro atoms. The second-order valence-corrected chi connectivity index (χ2v) is 10.2. The zero-order valence-corrected chi connectivity index (χ0v) is 21.2. The Hall–Kier alpha value is -3.90. The fourth-order valence-corrected chi connectivity index (χ4v) is 6.03. The number of urea groups is 1. The number of anilines is 1. The first-order valence-electron chi connectivity index (χ1n) is 13.2. The van der Waals surface area contributed by atoms with Gasteiger partial charge in [-0.15, -0.1) is 0 Å². The van der Waals surface area contributed by atoms with E-state index in [4.69, 9.17) is 5.10 Å². The maximum atomic E-state index is 13.5. The molecule has 4 aromatic rings. The van der Waals surface area contributed by atoms with Gasteiger partial charge in [-0.25, -0.2) is 9.48 Å². The lowest BCUT2D eigenvalue weighted by Crippen LogP contribution is -2.42. The number of nitrogens with zero attached hydrogens (tertiary/aromatic N) is 3. The number of aromatic nitrogens is 2. The molecule has 0 bridgehead atoms. The van der Waals surface area contributed by atoms with E-state index in [1.807, 2.05) is 41.1 Å². The van der Waals surface area contributed by atoms with Gasteiger partial charge in [0.1, 0.15) is 5.82 Å². The summed E-state index contributed by atoms with van der Waals surface area (Å²) in [5.41, 5.74) is 5.74. The van der Waals surface area contributed by atoms with Crippen LogP contribution in [0.2, 0.25) is 0 Å². The Labute approximate surface area is 218 Å². The highest BCUT2D eigenvalue weighted by molar-refractivity contribution is 5.90. The first-order valence-corrected chi connectivity index (χ1v) is 13.2. The number of benzene rings is 3. The van der Waals surface area contributed by atoms with Gasteiger partial charge in [-0.1, -0.05) is 78.9 Å². The molecule has 6 nitrogen and oxygen atoms in total. The van der Waals surface area contributed by atoms with Crippen LogP contribution in [0, 0.1) is 0 Å². The first kappa shape index (κ1) is 23.5. The van der Waals surface area contributed by atoms with Gasteiger partial charge in [0.15, 0.2) is 0 Å². The molecular weight excluding hydrogens is 458 g/mol. The quantitative estimate of drug-likeness (QED) is 0.372. The number of amides is 2. The summed E-state index contributed by atoms with van der Waals surface area (Å²) in [4.78, 5) is 16.0. The lowest BCUT2D eigenvalue weighted by molar-refractivity contribution is 0.243. The van der Waals surface area contributed by atoms with E-state index in [1.165, 1.54) is 11.1 Å². The van der Waals surface area contributed by atoms with Crippen molar-refractivity contribution < 1.29 is 4.79 Å². The largest absolute Gasteiger partial charge is 0.333 e. The van der Waals surface area contributed by atoms with E-state index < -0.39 is 0 Å². The molecule has 1 aliphatic carbocycles. The third kappa shape index (κ3) is 4.77. The Bertz CT molecular complexity index is 1350. The molecule has 3 aromatic carbocycles. The lowest BCUT2D eigenvalue weighted by Gasteiger charge is -2.26. The molecule has 188 valence electrons. The average molecular weight is 492 g/mol. The summed E-state index contributed by atoms with van der Waals surface area (Å²) in [6, 6.07) is 31.3. The Morgan fingerprint density at radius 1 is 0.919 bits per heavy atom. The Morgan fingerprint density at radius 3 is 2.32 bits per heavy atom. The maximum absolute atomic E-state index is 13.5. The Kier molecular flexibility index (Phi) is 6.49. The third-order valence-electron chi connectivity index (χ3n) is 7.83. The number of fused-ring (bicyclic) bond motifs is 1. The molecule has 2 amide bonds. The van der Waals surface area contributed by atoms with Gasteiger partial charge < -0.3 is 5.32 Å². The smallest absolute Gasteiger partial charge is 0.320 e. The molecule has 1 fully saturated rings. The topological polar surface area (TPSA) is 62.2 Å². The van der Waals surface area contributed by atoms with Crippen molar-refractivity contribution in [2.24, 2.45) is 0 Å². The number of carbonyl (C=O) groups is 1. The van der Waals surface area contributed by atoms with E-state index in [1.54, 1.807) is 0 Å². The van der Waals surface area contributed by atoms with E-state index in [0.29, 0.717) is 0 Å². The minimum absolute atomic E-state index is 0.0118. The van der Waals surface area contributed by atoms with Crippen LogP contribution in [0.1, 0.15) is 41.6 Å². The second-order valence-electron chi connectivity index (χ2n) is 10.2. The number of nitrogens with one attached hydrogen (secondary N) is 2. The highest BCUT2D eigenvalue weighted by Gasteiger charge is 2.41. The molecule has 1 saturated heterocycles. The minimum Gasteiger partial charge on any atom is -0.333 e. The number of hydrogen-bond donors (Lipinski definition) is 2. The summed E-state index contributed by atoms with van der Waals surface area (Å²) in [5.74, 6) is 0.986. The van der Waals surface area contributed by atoms with Gasteiger partial charge in [0.2, 0.25) is 0 Å². The third-order valence-corrected chi connectivity index (χ3v) is 7.83.